The average molecular weight is 409 g/mol. The molecule has 0 radical (unpaired) electrons. The molecule has 1 amide bonds. The van der Waals surface area contributed by atoms with Gasteiger partial charge in [0.25, 0.3) is 0 Å². The van der Waals surface area contributed by atoms with E-state index in [4.69, 9.17) is 19.3 Å². The van der Waals surface area contributed by atoms with E-state index >= 15 is 0 Å². The van der Waals surface area contributed by atoms with Crippen LogP contribution in [-0.2, 0) is 16.1 Å². The van der Waals surface area contributed by atoms with E-state index in [0.717, 1.165) is 16.9 Å². The predicted molar refractivity (Wildman–Crippen MR) is 114 cm³/mol. The van der Waals surface area contributed by atoms with Crippen LogP contribution in [0, 0.1) is 6.92 Å². The molecule has 0 unspecified atom stereocenters. The van der Waals surface area contributed by atoms with Gasteiger partial charge in [-0.1, -0.05) is 24.3 Å². The van der Waals surface area contributed by atoms with Gasteiger partial charge in [-0.15, -0.1) is 0 Å². The second kappa shape index (κ2) is 9.93. The van der Waals surface area contributed by atoms with Crippen molar-refractivity contribution in [3.63, 3.8) is 0 Å². The smallest absolute Gasteiger partial charge is 0.227 e. The van der Waals surface area contributed by atoms with Crippen molar-refractivity contribution in [2.24, 2.45) is 0 Å². The van der Waals surface area contributed by atoms with E-state index in [1.165, 1.54) is 0 Å². The maximum Gasteiger partial charge on any atom is 0.227 e. The van der Waals surface area contributed by atoms with Crippen LogP contribution in [0.3, 0.4) is 0 Å². The Morgan fingerprint density at radius 3 is 2.47 bits per heavy atom. The first-order valence-corrected chi connectivity index (χ1v) is 9.73. The van der Waals surface area contributed by atoms with E-state index in [0.29, 0.717) is 37.1 Å². The molecule has 7 nitrogen and oxygen atoms in total. The van der Waals surface area contributed by atoms with Crippen molar-refractivity contribution < 1.29 is 19.0 Å². The first-order chi connectivity index (χ1) is 14.5. The molecule has 0 aliphatic heterocycles. The maximum absolute atomic E-state index is 12.2. The van der Waals surface area contributed by atoms with Crippen molar-refractivity contribution in [3.8, 4) is 23.1 Å². The summed E-state index contributed by atoms with van der Waals surface area (Å²) in [7, 11) is 3.23. The topological polar surface area (TPSA) is 65.8 Å². The fourth-order valence-electron chi connectivity index (χ4n) is 3.09. The van der Waals surface area contributed by atoms with Gasteiger partial charge in [0.1, 0.15) is 11.5 Å². The molecule has 0 bridgehead atoms. The lowest BCUT2D eigenvalue weighted by molar-refractivity contribution is -0.130. The minimum atomic E-state index is -0.0359. The minimum absolute atomic E-state index is 0.0359. The Bertz CT molecular complexity index is 985. The molecule has 7 heteroatoms. The van der Waals surface area contributed by atoms with Crippen LogP contribution in [0.5, 0.6) is 17.4 Å². The molecule has 0 fully saturated rings. The van der Waals surface area contributed by atoms with Gasteiger partial charge < -0.3 is 19.1 Å². The number of aromatic nitrogens is 2. The molecule has 0 saturated heterocycles. The lowest BCUT2D eigenvalue weighted by atomic mass is 10.2. The number of methoxy groups -OCH3 is 2. The summed E-state index contributed by atoms with van der Waals surface area (Å²) in [5.41, 5.74) is 2.50. The SMILES string of the molecule is COCCN(Cc1c(C)nn(-c2ccccc2)c1Oc1cccc(OC)c1)C(C)=O. The van der Waals surface area contributed by atoms with Crippen LogP contribution in [0.2, 0.25) is 0 Å². The molecule has 0 atom stereocenters. The van der Waals surface area contributed by atoms with Gasteiger partial charge in [0, 0.05) is 26.6 Å². The van der Waals surface area contributed by atoms with Crippen molar-refractivity contribution in [1.29, 1.82) is 0 Å². The molecule has 0 aliphatic carbocycles. The summed E-state index contributed by atoms with van der Waals surface area (Å²) in [6.45, 7) is 4.78. The molecule has 0 saturated carbocycles. The highest BCUT2D eigenvalue weighted by atomic mass is 16.5. The summed E-state index contributed by atoms with van der Waals surface area (Å²) in [6, 6.07) is 17.2. The van der Waals surface area contributed by atoms with E-state index in [-0.39, 0.29) is 5.91 Å². The molecule has 0 N–H and O–H groups in total. The molecule has 158 valence electrons. The molecule has 3 aromatic rings. The largest absolute Gasteiger partial charge is 0.497 e. The molecule has 3 rings (SSSR count). The van der Waals surface area contributed by atoms with E-state index in [1.807, 2.05) is 61.5 Å². The van der Waals surface area contributed by atoms with Gasteiger partial charge >= 0.3 is 0 Å². The Labute approximate surface area is 176 Å². The quantitative estimate of drug-likeness (QED) is 0.535. The van der Waals surface area contributed by atoms with E-state index < -0.39 is 0 Å². The molecule has 1 heterocycles. The van der Waals surface area contributed by atoms with Crippen molar-refractivity contribution in [2.45, 2.75) is 20.4 Å². The summed E-state index contributed by atoms with van der Waals surface area (Å²) in [5.74, 6) is 1.85. The third-order valence-corrected chi connectivity index (χ3v) is 4.75. The summed E-state index contributed by atoms with van der Waals surface area (Å²) in [4.78, 5) is 13.9. The number of rotatable bonds is 9. The zero-order chi connectivity index (χ0) is 21.5. The number of nitrogens with zero attached hydrogens (tertiary/aromatic N) is 3. The van der Waals surface area contributed by atoms with Crippen LogP contribution in [0.15, 0.2) is 54.6 Å². The van der Waals surface area contributed by atoms with Crippen LogP contribution in [0.25, 0.3) is 5.69 Å². The fourth-order valence-corrected chi connectivity index (χ4v) is 3.09. The number of aryl methyl sites for hydroxylation is 1. The Morgan fingerprint density at radius 2 is 1.80 bits per heavy atom. The monoisotopic (exact) mass is 409 g/mol. The lowest BCUT2D eigenvalue weighted by Crippen LogP contribution is -2.31. The van der Waals surface area contributed by atoms with Crippen LogP contribution in [0.1, 0.15) is 18.2 Å². The van der Waals surface area contributed by atoms with Gasteiger partial charge in [0.05, 0.1) is 37.2 Å². The Hall–Kier alpha value is -3.32. The minimum Gasteiger partial charge on any atom is -0.497 e. The van der Waals surface area contributed by atoms with Gasteiger partial charge in [-0.2, -0.15) is 5.10 Å². The van der Waals surface area contributed by atoms with Crippen LogP contribution in [-0.4, -0.2) is 48.0 Å². The molecular formula is C23H27N3O4. The summed E-state index contributed by atoms with van der Waals surface area (Å²) in [6.07, 6.45) is 0. The number of benzene rings is 2. The maximum atomic E-state index is 12.2. The molecular weight excluding hydrogens is 382 g/mol. The van der Waals surface area contributed by atoms with E-state index in [1.54, 1.807) is 30.7 Å². The van der Waals surface area contributed by atoms with Crippen LogP contribution in [0.4, 0.5) is 0 Å². The van der Waals surface area contributed by atoms with Crippen molar-refractivity contribution in [3.05, 3.63) is 65.9 Å². The second-order valence-corrected chi connectivity index (χ2v) is 6.83. The normalized spacial score (nSPS) is 10.7. The number of carbonyl (C=O) groups is 1. The fraction of sp³-hybridized carbons (Fsp3) is 0.304. The standard InChI is InChI=1S/C23H27N3O4/c1-17-22(16-25(18(2)27)13-14-28-3)23(26(24-17)19-9-6-5-7-10-19)30-21-12-8-11-20(15-21)29-4/h5-12,15H,13-14,16H2,1-4H3. The van der Waals surface area contributed by atoms with Gasteiger partial charge in [-0.05, 0) is 31.2 Å². The first kappa shape index (κ1) is 21.4. The van der Waals surface area contributed by atoms with Crippen molar-refractivity contribution in [1.82, 2.24) is 14.7 Å². The highest BCUT2D eigenvalue weighted by Gasteiger charge is 2.22. The summed E-state index contributed by atoms with van der Waals surface area (Å²) in [5, 5.41) is 4.70. The second-order valence-electron chi connectivity index (χ2n) is 6.83. The first-order valence-electron chi connectivity index (χ1n) is 9.73. The van der Waals surface area contributed by atoms with Gasteiger partial charge in [0.15, 0.2) is 0 Å². The Balaban J connectivity index is 2.04. The molecule has 0 spiro atoms. The van der Waals surface area contributed by atoms with E-state index in [9.17, 15) is 4.79 Å². The number of hydrogen-bond acceptors (Lipinski definition) is 5. The van der Waals surface area contributed by atoms with Crippen LogP contribution < -0.4 is 9.47 Å². The van der Waals surface area contributed by atoms with Gasteiger partial charge in [0.2, 0.25) is 11.8 Å². The summed E-state index contributed by atoms with van der Waals surface area (Å²) >= 11 is 0. The zero-order valence-electron chi connectivity index (χ0n) is 17.8. The molecule has 30 heavy (non-hydrogen) atoms. The number of para-hydroxylation sites is 1. The van der Waals surface area contributed by atoms with Crippen LogP contribution >= 0.6 is 0 Å². The number of hydrogen-bond donors (Lipinski definition) is 0. The average Bonchev–Trinajstić information content (AvgIpc) is 3.06. The predicted octanol–water partition coefficient (Wildman–Crippen LogP) is 3.98. The number of ether oxygens (including phenoxy) is 3. The van der Waals surface area contributed by atoms with Gasteiger partial charge in [-0.3, -0.25) is 4.79 Å². The Kier molecular flexibility index (Phi) is 7.08. The highest BCUT2D eigenvalue weighted by Crippen LogP contribution is 2.32. The van der Waals surface area contributed by atoms with Crippen molar-refractivity contribution in [2.75, 3.05) is 27.4 Å². The summed E-state index contributed by atoms with van der Waals surface area (Å²) < 4.78 is 18.5. The molecule has 2 aromatic carbocycles. The van der Waals surface area contributed by atoms with Gasteiger partial charge in [-0.25, -0.2) is 4.68 Å². The third-order valence-electron chi connectivity index (χ3n) is 4.75. The lowest BCUT2D eigenvalue weighted by Gasteiger charge is -2.21. The Morgan fingerprint density at radius 1 is 1.07 bits per heavy atom. The number of amides is 1. The zero-order valence-corrected chi connectivity index (χ0v) is 17.8. The highest BCUT2D eigenvalue weighted by molar-refractivity contribution is 5.73. The molecule has 0 aliphatic rings. The molecule has 1 aromatic heterocycles. The number of carbonyl (C=O) groups excluding carboxylic acids is 1. The van der Waals surface area contributed by atoms with Crippen molar-refractivity contribution >= 4 is 5.91 Å². The van der Waals surface area contributed by atoms with E-state index in [2.05, 4.69) is 0 Å². The third kappa shape index (κ3) is 4.99.